The molecule has 1 amide bonds. The Bertz CT molecular complexity index is 615. The first-order chi connectivity index (χ1) is 9.24. The van der Waals surface area contributed by atoms with Gasteiger partial charge in [0.25, 0.3) is 0 Å². The highest BCUT2D eigenvalue weighted by molar-refractivity contribution is 5.94. The van der Waals surface area contributed by atoms with Crippen LogP contribution in [0.3, 0.4) is 0 Å². The van der Waals surface area contributed by atoms with E-state index in [1.54, 1.807) is 12.4 Å². The standard InChI is InChI=1S/C14H16N4O.ClH/c1-9(10-7-15-8-10)14(19)18-11-2-3-12-13(6-11)17-5-4-16-12;/h2-6,9-10,15H,7-8H2,1H3,(H,18,19);1H. The Kier molecular flexibility index (Phi) is 4.52. The molecule has 0 spiro atoms. The maximum atomic E-state index is 12.1. The second-order valence-electron chi connectivity index (χ2n) is 4.96. The second-order valence-corrected chi connectivity index (χ2v) is 4.96. The van der Waals surface area contributed by atoms with E-state index in [-0.39, 0.29) is 24.2 Å². The molecule has 1 aliphatic heterocycles. The highest BCUT2D eigenvalue weighted by Gasteiger charge is 2.28. The van der Waals surface area contributed by atoms with Crippen LogP contribution in [-0.2, 0) is 4.79 Å². The van der Waals surface area contributed by atoms with Crippen LogP contribution in [0, 0.1) is 11.8 Å². The van der Waals surface area contributed by atoms with Crippen molar-refractivity contribution in [1.82, 2.24) is 15.3 Å². The topological polar surface area (TPSA) is 66.9 Å². The number of rotatable bonds is 3. The van der Waals surface area contributed by atoms with E-state index < -0.39 is 0 Å². The van der Waals surface area contributed by atoms with Crippen LogP contribution in [0.2, 0.25) is 0 Å². The van der Waals surface area contributed by atoms with Crippen molar-refractivity contribution in [1.29, 1.82) is 0 Å². The molecule has 2 heterocycles. The molecule has 1 atom stereocenters. The number of halogens is 1. The van der Waals surface area contributed by atoms with E-state index in [1.807, 2.05) is 25.1 Å². The van der Waals surface area contributed by atoms with Crippen LogP contribution in [0.1, 0.15) is 6.92 Å². The summed E-state index contributed by atoms with van der Waals surface area (Å²) in [6, 6.07) is 5.58. The van der Waals surface area contributed by atoms with Crippen LogP contribution < -0.4 is 10.6 Å². The Morgan fingerprint density at radius 1 is 1.30 bits per heavy atom. The minimum absolute atomic E-state index is 0. The molecule has 20 heavy (non-hydrogen) atoms. The number of anilines is 1. The van der Waals surface area contributed by atoms with Gasteiger partial charge in [-0.25, -0.2) is 0 Å². The molecular formula is C14H17ClN4O. The molecule has 1 aromatic carbocycles. The zero-order valence-corrected chi connectivity index (χ0v) is 12.0. The summed E-state index contributed by atoms with van der Waals surface area (Å²) in [5, 5.41) is 6.14. The van der Waals surface area contributed by atoms with Gasteiger partial charge in [0.15, 0.2) is 0 Å². The van der Waals surface area contributed by atoms with Gasteiger partial charge in [-0.15, -0.1) is 12.4 Å². The first-order valence-corrected chi connectivity index (χ1v) is 6.46. The summed E-state index contributed by atoms with van der Waals surface area (Å²) >= 11 is 0. The zero-order valence-electron chi connectivity index (χ0n) is 11.2. The maximum absolute atomic E-state index is 12.1. The Labute approximate surface area is 123 Å². The molecule has 0 saturated carbocycles. The SMILES string of the molecule is CC(C(=O)Nc1ccc2nccnc2c1)C1CNC1.Cl. The summed E-state index contributed by atoms with van der Waals surface area (Å²) in [6.07, 6.45) is 3.31. The summed E-state index contributed by atoms with van der Waals surface area (Å²) < 4.78 is 0. The lowest BCUT2D eigenvalue weighted by Crippen LogP contribution is -2.48. The quantitative estimate of drug-likeness (QED) is 0.906. The second kappa shape index (κ2) is 6.15. The zero-order chi connectivity index (χ0) is 13.2. The third-order valence-electron chi connectivity index (χ3n) is 3.67. The summed E-state index contributed by atoms with van der Waals surface area (Å²) in [4.78, 5) is 20.5. The largest absolute Gasteiger partial charge is 0.326 e. The van der Waals surface area contributed by atoms with Gasteiger partial charge in [-0.3, -0.25) is 14.8 Å². The third kappa shape index (κ3) is 2.89. The van der Waals surface area contributed by atoms with E-state index in [4.69, 9.17) is 0 Å². The van der Waals surface area contributed by atoms with Crippen molar-refractivity contribution in [2.75, 3.05) is 18.4 Å². The van der Waals surface area contributed by atoms with E-state index in [0.717, 1.165) is 29.8 Å². The minimum atomic E-state index is 0. The first kappa shape index (κ1) is 14.7. The number of amides is 1. The number of hydrogen-bond acceptors (Lipinski definition) is 4. The van der Waals surface area contributed by atoms with Gasteiger partial charge in [-0.1, -0.05) is 6.92 Å². The predicted molar refractivity (Wildman–Crippen MR) is 80.9 cm³/mol. The van der Waals surface area contributed by atoms with Gasteiger partial charge in [0, 0.05) is 24.0 Å². The van der Waals surface area contributed by atoms with E-state index >= 15 is 0 Å². The molecule has 3 rings (SSSR count). The average molecular weight is 293 g/mol. The number of fused-ring (bicyclic) bond motifs is 1. The molecule has 0 bridgehead atoms. The number of carbonyl (C=O) groups is 1. The Morgan fingerprint density at radius 3 is 2.65 bits per heavy atom. The average Bonchev–Trinajstić information content (AvgIpc) is 2.36. The Balaban J connectivity index is 0.00000147. The van der Waals surface area contributed by atoms with Gasteiger partial charge in [0.05, 0.1) is 11.0 Å². The molecule has 2 aromatic rings. The molecule has 2 N–H and O–H groups in total. The van der Waals surface area contributed by atoms with Gasteiger partial charge < -0.3 is 10.6 Å². The van der Waals surface area contributed by atoms with Gasteiger partial charge in [0.1, 0.15) is 0 Å². The summed E-state index contributed by atoms with van der Waals surface area (Å²) in [7, 11) is 0. The lowest BCUT2D eigenvalue weighted by Gasteiger charge is -2.31. The number of nitrogens with zero attached hydrogens (tertiary/aromatic N) is 2. The molecule has 0 radical (unpaired) electrons. The van der Waals surface area contributed by atoms with Crippen molar-refractivity contribution in [2.24, 2.45) is 11.8 Å². The molecule has 6 heteroatoms. The molecule has 1 fully saturated rings. The fraction of sp³-hybridized carbons (Fsp3) is 0.357. The van der Waals surface area contributed by atoms with Crippen LogP contribution in [0.25, 0.3) is 11.0 Å². The van der Waals surface area contributed by atoms with Gasteiger partial charge in [-0.05, 0) is 37.2 Å². The minimum Gasteiger partial charge on any atom is -0.326 e. The van der Waals surface area contributed by atoms with Crippen LogP contribution >= 0.6 is 12.4 Å². The Hall–Kier alpha value is -1.72. The number of benzene rings is 1. The number of carbonyl (C=O) groups excluding carboxylic acids is 1. The predicted octanol–water partition coefficient (Wildman–Crippen LogP) is 1.85. The monoisotopic (exact) mass is 292 g/mol. The number of hydrogen-bond donors (Lipinski definition) is 2. The first-order valence-electron chi connectivity index (χ1n) is 6.46. The van der Waals surface area contributed by atoms with Crippen LogP contribution in [0.15, 0.2) is 30.6 Å². The molecule has 1 saturated heterocycles. The molecule has 5 nitrogen and oxygen atoms in total. The fourth-order valence-corrected chi connectivity index (χ4v) is 2.18. The van der Waals surface area contributed by atoms with Crippen LogP contribution in [-0.4, -0.2) is 29.0 Å². The highest BCUT2D eigenvalue weighted by atomic mass is 35.5. The van der Waals surface area contributed by atoms with Crippen molar-refractivity contribution < 1.29 is 4.79 Å². The smallest absolute Gasteiger partial charge is 0.227 e. The lowest BCUT2D eigenvalue weighted by molar-refractivity contribution is -0.121. The van der Waals surface area contributed by atoms with Crippen LogP contribution in [0.4, 0.5) is 5.69 Å². The van der Waals surface area contributed by atoms with Gasteiger partial charge in [-0.2, -0.15) is 0 Å². The third-order valence-corrected chi connectivity index (χ3v) is 3.67. The van der Waals surface area contributed by atoms with E-state index in [0.29, 0.717) is 5.92 Å². The van der Waals surface area contributed by atoms with E-state index in [2.05, 4.69) is 20.6 Å². The van der Waals surface area contributed by atoms with Crippen molar-refractivity contribution in [3.05, 3.63) is 30.6 Å². The summed E-state index contributed by atoms with van der Waals surface area (Å²) in [5.74, 6) is 0.536. The number of aromatic nitrogens is 2. The summed E-state index contributed by atoms with van der Waals surface area (Å²) in [5.41, 5.74) is 2.40. The molecule has 1 aliphatic rings. The molecule has 1 aromatic heterocycles. The van der Waals surface area contributed by atoms with Crippen molar-refractivity contribution in [2.45, 2.75) is 6.92 Å². The highest BCUT2D eigenvalue weighted by Crippen LogP contribution is 2.20. The van der Waals surface area contributed by atoms with Crippen molar-refractivity contribution in [3.8, 4) is 0 Å². The van der Waals surface area contributed by atoms with E-state index in [1.165, 1.54) is 0 Å². The molecular weight excluding hydrogens is 276 g/mol. The van der Waals surface area contributed by atoms with Crippen LogP contribution in [0.5, 0.6) is 0 Å². The molecule has 1 unspecified atom stereocenters. The van der Waals surface area contributed by atoms with Gasteiger partial charge in [0.2, 0.25) is 5.91 Å². The fourth-order valence-electron chi connectivity index (χ4n) is 2.18. The molecule has 106 valence electrons. The number of nitrogens with one attached hydrogen (secondary N) is 2. The van der Waals surface area contributed by atoms with Crippen molar-refractivity contribution >= 4 is 35.0 Å². The summed E-state index contributed by atoms with van der Waals surface area (Å²) in [6.45, 7) is 3.83. The maximum Gasteiger partial charge on any atom is 0.227 e. The van der Waals surface area contributed by atoms with E-state index in [9.17, 15) is 4.79 Å². The van der Waals surface area contributed by atoms with Gasteiger partial charge >= 0.3 is 0 Å². The normalized spacial score (nSPS) is 16.1. The Morgan fingerprint density at radius 2 is 2.00 bits per heavy atom. The molecule has 0 aliphatic carbocycles. The van der Waals surface area contributed by atoms with Crippen molar-refractivity contribution in [3.63, 3.8) is 0 Å². The lowest BCUT2D eigenvalue weighted by atomic mass is 9.88.